The van der Waals surface area contributed by atoms with Crippen molar-refractivity contribution < 1.29 is 13.5 Å². The van der Waals surface area contributed by atoms with Crippen LogP contribution in [0.1, 0.15) is 23.5 Å². The van der Waals surface area contributed by atoms with Crippen molar-refractivity contribution in [2.45, 2.75) is 25.1 Å². The molecule has 1 aromatic carbocycles. The highest BCUT2D eigenvalue weighted by atomic mass is 19.2. The Kier molecular flexibility index (Phi) is 1.05. The lowest BCUT2D eigenvalue weighted by Crippen LogP contribution is -2.06. The quantitative estimate of drug-likeness (QED) is 0.599. The third-order valence-corrected chi connectivity index (χ3v) is 2.88. The second-order valence-electron chi connectivity index (χ2n) is 3.73. The van der Waals surface area contributed by atoms with E-state index in [1.165, 1.54) is 12.1 Å². The molecule has 0 spiro atoms. The molecular weight excluding hydrogens is 174 g/mol. The fraction of sp³-hybridized carbons (Fsp3) is 0.400. The maximum Gasteiger partial charge on any atom is 0.256 e. The number of rotatable bonds is 0. The predicted molar refractivity (Wildman–Crippen MR) is 43.0 cm³/mol. The molecule has 0 N–H and O–H groups in total. The summed E-state index contributed by atoms with van der Waals surface area (Å²) in [7, 11) is 0. The first-order valence-electron chi connectivity index (χ1n) is 4.29. The molecule has 0 amide bonds. The molecule has 1 saturated carbocycles. The summed E-state index contributed by atoms with van der Waals surface area (Å²) in [5, 5.41) is 0. The molecule has 0 saturated heterocycles. The third kappa shape index (κ3) is 0.747. The van der Waals surface area contributed by atoms with Gasteiger partial charge in [0.05, 0.1) is 5.92 Å². The van der Waals surface area contributed by atoms with E-state index in [0.29, 0.717) is 17.7 Å². The van der Waals surface area contributed by atoms with Crippen LogP contribution in [0.4, 0.5) is 8.78 Å². The maximum atomic E-state index is 13.4. The second-order valence-corrected chi connectivity index (χ2v) is 3.73. The van der Waals surface area contributed by atoms with Crippen LogP contribution >= 0.6 is 0 Å². The van der Waals surface area contributed by atoms with E-state index in [4.69, 9.17) is 4.74 Å². The molecule has 0 radical (unpaired) electrons. The summed E-state index contributed by atoms with van der Waals surface area (Å²) in [6.45, 7) is 1.67. The number of benzene rings is 1. The van der Waals surface area contributed by atoms with Crippen LogP contribution < -0.4 is 4.74 Å². The fourth-order valence-corrected chi connectivity index (χ4v) is 2.03. The van der Waals surface area contributed by atoms with Crippen LogP contribution in [0.15, 0.2) is 12.1 Å². The standard InChI is InChI=1S/C10H8F2O/c1-5-7(11)2-3-8-9(5)6-4-10(6,12)13-8/h2-3,6H,4H2,1H3. The van der Waals surface area contributed by atoms with Crippen molar-refractivity contribution in [3.8, 4) is 5.75 Å². The Morgan fingerprint density at radius 1 is 1.54 bits per heavy atom. The fourth-order valence-electron chi connectivity index (χ4n) is 2.03. The van der Waals surface area contributed by atoms with Gasteiger partial charge >= 0.3 is 0 Å². The lowest BCUT2D eigenvalue weighted by Gasteiger charge is -2.07. The van der Waals surface area contributed by atoms with Crippen LogP contribution in [0.25, 0.3) is 0 Å². The van der Waals surface area contributed by atoms with Gasteiger partial charge in [-0.2, -0.15) is 4.39 Å². The zero-order valence-corrected chi connectivity index (χ0v) is 7.10. The van der Waals surface area contributed by atoms with Gasteiger partial charge < -0.3 is 4.74 Å². The smallest absolute Gasteiger partial charge is 0.256 e. The van der Waals surface area contributed by atoms with Gasteiger partial charge in [-0.15, -0.1) is 0 Å². The van der Waals surface area contributed by atoms with Crippen LogP contribution in [0.2, 0.25) is 0 Å². The number of fused-ring (bicyclic) bond motifs is 3. The molecule has 3 rings (SSSR count). The van der Waals surface area contributed by atoms with E-state index in [-0.39, 0.29) is 11.7 Å². The molecule has 2 aliphatic rings. The predicted octanol–water partition coefficient (Wildman–Crippen LogP) is 2.68. The van der Waals surface area contributed by atoms with E-state index < -0.39 is 5.85 Å². The van der Waals surface area contributed by atoms with Crippen molar-refractivity contribution in [1.29, 1.82) is 0 Å². The molecule has 13 heavy (non-hydrogen) atoms. The molecule has 1 fully saturated rings. The Bertz CT molecular complexity index is 402. The van der Waals surface area contributed by atoms with Crippen molar-refractivity contribution in [1.82, 2.24) is 0 Å². The number of alkyl halides is 1. The van der Waals surface area contributed by atoms with Crippen molar-refractivity contribution >= 4 is 0 Å². The molecule has 1 aromatic rings. The summed E-state index contributed by atoms with van der Waals surface area (Å²) in [5.74, 6) is -1.50. The summed E-state index contributed by atoms with van der Waals surface area (Å²) in [5.41, 5.74) is 1.25. The normalized spacial score (nSPS) is 33.6. The van der Waals surface area contributed by atoms with E-state index in [9.17, 15) is 8.78 Å². The zero-order chi connectivity index (χ0) is 9.22. The van der Waals surface area contributed by atoms with E-state index >= 15 is 0 Å². The molecule has 2 unspecified atom stereocenters. The van der Waals surface area contributed by atoms with Gasteiger partial charge in [-0.25, -0.2) is 4.39 Å². The Morgan fingerprint density at radius 2 is 2.31 bits per heavy atom. The largest absolute Gasteiger partial charge is 0.457 e. The van der Waals surface area contributed by atoms with Gasteiger partial charge in [-0.3, -0.25) is 0 Å². The number of halogens is 2. The van der Waals surface area contributed by atoms with Crippen molar-refractivity contribution in [2.75, 3.05) is 0 Å². The van der Waals surface area contributed by atoms with Crippen LogP contribution in [0.5, 0.6) is 5.75 Å². The SMILES string of the molecule is Cc1c(F)ccc2c1C1CC1(F)O2. The van der Waals surface area contributed by atoms with E-state index in [0.717, 1.165) is 5.56 Å². The molecular formula is C10H8F2O. The number of ether oxygens (including phenoxy) is 1. The molecule has 2 atom stereocenters. The topological polar surface area (TPSA) is 9.23 Å². The summed E-state index contributed by atoms with van der Waals surface area (Å²) >= 11 is 0. The van der Waals surface area contributed by atoms with Gasteiger partial charge in [0.25, 0.3) is 5.85 Å². The first-order valence-corrected chi connectivity index (χ1v) is 4.29. The van der Waals surface area contributed by atoms with E-state index in [1.54, 1.807) is 6.92 Å². The first kappa shape index (κ1) is 7.30. The molecule has 1 heterocycles. The highest BCUT2D eigenvalue weighted by molar-refractivity contribution is 5.52. The molecule has 1 aliphatic carbocycles. The minimum Gasteiger partial charge on any atom is -0.457 e. The molecule has 1 aliphatic heterocycles. The van der Waals surface area contributed by atoms with Crippen molar-refractivity contribution in [2.24, 2.45) is 0 Å². The Morgan fingerprint density at radius 3 is 3.08 bits per heavy atom. The van der Waals surface area contributed by atoms with Gasteiger partial charge in [0.1, 0.15) is 11.6 Å². The minimum atomic E-state index is -1.51. The average Bonchev–Trinajstić information content (AvgIpc) is 2.63. The lowest BCUT2D eigenvalue weighted by molar-refractivity contribution is 0.0487. The van der Waals surface area contributed by atoms with Gasteiger partial charge in [0, 0.05) is 12.0 Å². The molecule has 1 nitrogen and oxygen atoms in total. The molecule has 0 bridgehead atoms. The van der Waals surface area contributed by atoms with E-state index in [2.05, 4.69) is 0 Å². The Hall–Kier alpha value is -1.12. The molecule has 68 valence electrons. The van der Waals surface area contributed by atoms with Gasteiger partial charge in [0.15, 0.2) is 0 Å². The summed E-state index contributed by atoms with van der Waals surface area (Å²) in [4.78, 5) is 0. The van der Waals surface area contributed by atoms with Crippen LogP contribution in [-0.2, 0) is 0 Å². The van der Waals surface area contributed by atoms with Gasteiger partial charge in [-0.05, 0) is 24.6 Å². The molecule has 3 heteroatoms. The zero-order valence-electron chi connectivity index (χ0n) is 7.10. The minimum absolute atomic E-state index is 0.224. The van der Waals surface area contributed by atoms with Crippen molar-refractivity contribution in [3.05, 3.63) is 29.1 Å². The second kappa shape index (κ2) is 1.86. The average molecular weight is 182 g/mol. The summed E-state index contributed by atoms with van der Waals surface area (Å²) < 4.78 is 31.6. The molecule has 0 aromatic heterocycles. The summed E-state index contributed by atoms with van der Waals surface area (Å²) in [6.07, 6.45) is 0.379. The Labute approximate surface area is 74.3 Å². The number of hydrogen-bond donors (Lipinski definition) is 0. The monoisotopic (exact) mass is 182 g/mol. The third-order valence-electron chi connectivity index (χ3n) is 2.88. The van der Waals surface area contributed by atoms with Crippen LogP contribution in [0.3, 0.4) is 0 Å². The summed E-state index contributed by atoms with van der Waals surface area (Å²) in [6, 6.07) is 2.83. The number of hydrogen-bond acceptors (Lipinski definition) is 1. The first-order chi connectivity index (χ1) is 6.12. The highest BCUT2D eigenvalue weighted by Crippen LogP contribution is 2.63. The highest BCUT2D eigenvalue weighted by Gasteiger charge is 2.65. The maximum absolute atomic E-state index is 13.4. The van der Waals surface area contributed by atoms with Crippen LogP contribution in [0, 0.1) is 12.7 Å². The van der Waals surface area contributed by atoms with E-state index in [1.807, 2.05) is 0 Å². The van der Waals surface area contributed by atoms with Gasteiger partial charge in [-0.1, -0.05) is 0 Å². The Balaban J connectivity index is 2.23. The van der Waals surface area contributed by atoms with Crippen LogP contribution in [-0.4, -0.2) is 5.85 Å². The lowest BCUT2D eigenvalue weighted by atomic mass is 10.0. The van der Waals surface area contributed by atoms with Crippen molar-refractivity contribution in [3.63, 3.8) is 0 Å². The van der Waals surface area contributed by atoms with Gasteiger partial charge in [0.2, 0.25) is 0 Å².